The third-order valence-corrected chi connectivity index (χ3v) is 5.36. The Hall–Kier alpha value is -3.34. The largest absolute Gasteiger partial charge is 0.372 e. The summed E-state index contributed by atoms with van der Waals surface area (Å²) in [6, 6.07) is 18.0. The lowest BCUT2D eigenvalue weighted by molar-refractivity contribution is 0.0955. The van der Waals surface area contributed by atoms with Gasteiger partial charge in [-0.3, -0.25) is 4.79 Å². The van der Waals surface area contributed by atoms with Crippen LogP contribution in [0.4, 0.5) is 5.69 Å². The van der Waals surface area contributed by atoms with Gasteiger partial charge in [-0.2, -0.15) is 5.10 Å². The molecule has 0 atom stereocenters. The van der Waals surface area contributed by atoms with E-state index in [1.807, 2.05) is 42.6 Å². The van der Waals surface area contributed by atoms with E-state index in [-0.39, 0.29) is 5.91 Å². The van der Waals surface area contributed by atoms with Crippen molar-refractivity contribution in [1.82, 2.24) is 9.99 Å². The number of carbonyl (C=O) groups excluding carboxylic acids is 1. The SMILES string of the molecule is Cc1ccc(-n2cccc2/C=N\NC(=O)c2ccc(N3CCCC3)cc2)c(C)c1. The molecule has 0 unspecified atom stereocenters. The third-order valence-electron chi connectivity index (χ3n) is 5.36. The zero-order valence-electron chi connectivity index (χ0n) is 16.9. The number of carbonyl (C=O) groups is 1. The Labute approximate surface area is 171 Å². The Morgan fingerprint density at radius 1 is 1.03 bits per heavy atom. The summed E-state index contributed by atoms with van der Waals surface area (Å²) in [6.45, 7) is 6.37. The lowest BCUT2D eigenvalue weighted by atomic mass is 10.1. The van der Waals surface area contributed by atoms with Gasteiger partial charge in [0, 0.05) is 36.2 Å². The quantitative estimate of drug-likeness (QED) is 0.520. The molecule has 29 heavy (non-hydrogen) atoms. The summed E-state index contributed by atoms with van der Waals surface area (Å²) in [7, 11) is 0. The first-order valence-electron chi connectivity index (χ1n) is 10.1. The van der Waals surface area contributed by atoms with Crippen molar-refractivity contribution in [3.05, 3.63) is 83.2 Å². The number of aromatic nitrogens is 1. The molecule has 1 aromatic heterocycles. The summed E-state index contributed by atoms with van der Waals surface area (Å²) in [5.74, 6) is -0.209. The van der Waals surface area contributed by atoms with Gasteiger partial charge in [-0.15, -0.1) is 0 Å². The lowest BCUT2D eigenvalue weighted by Crippen LogP contribution is -2.19. The topological polar surface area (TPSA) is 49.6 Å². The predicted molar refractivity (Wildman–Crippen MR) is 118 cm³/mol. The van der Waals surface area contributed by atoms with Gasteiger partial charge >= 0.3 is 0 Å². The maximum Gasteiger partial charge on any atom is 0.271 e. The molecular formula is C24H26N4O. The zero-order chi connectivity index (χ0) is 20.2. The van der Waals surface area contributed by atoms with Crippen LogP contribution < -0.4 is 10.3 Å². The summed E-state index contributed by atoms with van der Waals surface area (Å²) in [5, 5.41) is 4.17. The Morgan fingerprint density at radius 2 is 1.79 bits per heavy atom. The maximum absolute atomic E-state index is 12.4. The van der Waals surface area contributed by atoms with Crippen LogP contribution in [-0.4, -0.2) is 29.8 Å². The molecule has 0 spiro atoms. The van der Waals surface area contributed by atoms with Crippen molar-refractivity contribution in [3.63, 3.8) is 0 Å². The molecule has 2 heterocycles. The van der Waals surface area contributed by atoms with Crippen molar-refractivity contribution in [2.45, 2.75) is 26.7 Å². The first-order valence-corrected chi connectivity index (χ1v) is 10.1. The zero-order valence-corrected chi connectivity index (χ0v) is 16.9. The summed E-state index contributed by atoms with van der Waals surface area (Å²) >= 11 is 0. The van der Waals surface area contributed by atoms with Gasteiger partial charge in [0.15, 0.2) is 0 Å². The number of nitrogens with zero attached hydrogens (tertiary/aromatic N) is 3. The molecule has 3 aromatic rings. The number of amides is 1. The molecule has 148 valence electrons. The van der Waals surface area contributed by atoms with Crippen LogP contribution in [0.3, 0.4) is 0 Å². The molecule has 5 heteroatoms. The number of aryl methyl sites for hydroxylation is 2. The van der Waals surface area contributed by atoms with E-state index < -0.39 is 0 Å². The van der Waals surface area contributed by atoms with Gasteiger partial charge in [0.25, 0.3) is 5.91 Å². The Balaban J connectivity index is 1.43. The van der Waals surface area contributed by atoms with E-state index in [1.54, 1.807) is 6.21 Å². The van der Waals surface area contributed by atoms with Crippen LogP contribution in [0.25, 0.3) is 5.69 Å². The highest BCUT2D eigenvalue weighted by Gasteiger charge is 2.13. The number of hydrazone groups is 1. The molecule has 5 nitrogen and oxygen atoms in total. The number of hydrogen-bond donors (Lipinski definition) is 1. The number of nitrogens with one attached hydrogen (secondary N) is 1. The average Bonchev–Trinajstić information content (AvgIpc) is 3.40. The Morgan fingerprint density at radius 3 is 2.52 bits per heavy atom. The van der Waals surface area contributed by atoms with Gasteiger partial charge < -0.3 is 9.47 Å². The second-order valence-electron chi connectivity index (χ2n) is 7.53. The first kappa shape index (κ1) is 19.0. The maximum atomic E-state index is 12.4. The minimum Gasteiger partial charge on any atom is -0.372 e. The van der Waals surface area contributed by atoms with Crippen LogP contribution in [0.1, 0.15) is 40.0 Å². The normalized spacial score (nSPS) is 13.9. The highest BCUT2D eigenvalue weighted by molar-refractivity contribution is 5.95. The fourth-order valence-corrected chi connectivity index (χ4v) is 3.81. The van der Waals surface area contributed by atoms with Crippen molar-refractivity contribution < 1.29 is 4.79 Å². The molecule has 4 rings (SSSR count). The highest BCUT2D eigenvalue weighted by atomic mass is 16.2. The molecular weight excluding hydrogens is 360 g/mol. The molecule has 1 N–H and O–H groups in total. The summed E-state index contributed by atoms with van der Waals surface area (Å²) < 4.78 is 2.06. The molecule has 2 aromatic carbocycles. The second kappa shape index (κ2) is 8.35. The lowest BCUT2D eigenvalue weighted by Gasteiger charge is -2.17. The van der Waals surface area contributed by atoms with Gasteiger partial charge in [0.2, 0.25) is 0 Å². The molecule has 1 aliphatic heterocycles. The molecule has 0 saturated carbocycles. The van der Waals surface area contributed by atoms with Crippen LogP contribution in [0, 0.1) is 13.8 Å². The van der Waals surface area contributed by atoms with Crippen molar-refractivity contribution in [1.29, 1.82) is 0 Å². The molecule has 0 bridgehead atoms. The Bertz CT molecular complexity index is 1030. The van der Waals surface area contributed by atoms with Crippen LogP contribution in [0.5, 0.6) is 0 Å². The van der Waals surface area contributed by atoms with Crippen LogP contribution in [-0.2, 0) is 0 Å². The Kier molecular flexibility index (Phi) is 5.47. The van der Waals surface area contributed by atoms with E-state index in [2.05, 4.69) is 52.0 Å². The van der Waals surface area contributed by atoms with Crippen LogP contribution in [0.2, 0.25) is 0 Å². The van der Waals surface area contributed by atoms with E-state index in [0.29, 0.717) is 5.56 Å². The number of benzene rings is 2. The summed E-state index contributed by atoms with van der Waals surface area (Å²) in [6.07, 6.45) is 6.15. The molecule has 0 radical (unpaired) electrons. The van der Waals surface area contributed by atoms with E-state index in [0.717, 1.165) is 24.5 Å². The van der Waals surface area contributed by atoms with Gasteiger partial charge in [-0.1, -0.05) is 17.7 Å². The third kappa shape index (κ3) is 4.24. The summed E-state index contributed by atoms with van der Waals surface area (Å²) in [5.41, 5.74) is 8.85. The number of anilines is 1. The molecule has 1 fully saturated rings. The molecule has 1 aliphatic rings. The number of hydrogen-bond acceptors (Lipinski definition) is 3. The van der Waals surface area contributed by atoms with E-state index in [4.69, 9.17) is 0 Å². The second-order valence-corrected chi connectivity index (χ2v) is 7.53. The highest BCUT2D eigenvalue weighted by Crippen LogP contribution is 2.20. The van der Waals surface area contributed by atoms with Gasteiger partial charge in [0.1, 0.15) is 0 Å². The fraction of sp³-hybridized carbons (Fsp3) is 0.250. The smallest absolute Gasteiger partial charge is 0.271 e. The van der Waals surface area contributed by atoms with E-state index in [9.17, 15) is 4.79 Å². The van der Waals surface area contributed by atoms with Crippen LogP contribution >= 0.6 is 0 Å². The van der Waals surface area contributed by atoms with Gasteiger partial charge in [-0.05, 0) is 74.7 Å². The predicted octanol–water partition coefficient (Wildman–Crippen LogP) is 4.46. The van der Waals surface area contributed by atoms with Crippen molar-refractivity contribution in [2.24, 2.45) is 5.10 Å². The molecule has 1 saturated heterocycles. The van der Waals surface area contributed by atoms with E-state index in [1.165, 1.54) is 29.7 Å². The van der Waals surface area contributed by atoms with Crippen molar-refractivity contribution in [3.8, 4) is 5.69 Å². The first-order chi connectivity index (χ1) is 14.1. The number of rotatable bonds is 5. The van der Waals surface area contributed by atoms with Gasteiger partial charge in [-0.25, -0.2) is 5.43 Å². The standard InChI is InChI=1S/C24H26N4O/c1-18-7-12-23(19(2)16-18)28-15-5-6-22(28)17-25-26-24(29)20-8-10-21(11-9-20)27-13-3-4-14-27/h5-12,15-17H,3-4,13-14H2,1-2H3,(H,26,29)/b25-17-. The van der Waals surface area contributed by atoms with Crippen molar-refractivity contribution >= 4 is 17.8 Å². The minimum atomic E-state index is -0.209. The molecule has 1 amide bonds. The van der Waals surface area contributed by atoms with Gasteiger partial charge in [0.05, 0.1) is 11.9 Å². The fourth-order valence-electron chi connectivity index (χ4n) is 3.81. The minimum absolute atomic E-state index is 0.209. The van der Waals surface area contributed by atoms with Crippen LogP contribution in [0.15, 0.2) is 65.9 Å². The monoisotopic (exact) mass is 386 g/mol. The average molecular weight is 386 g/mol. The summed E-state index contributed by atoms with van der Waals surface area (Å²) in [4.78, 5) is 14.8. The van der Waals surface area contributed by atoms with Crippen molar-refractivity contribution in [2.75, 3.05) is 18.0 Å². The molecule has 0 aliphatic carbocycles. The van der Waals surface area contributed by atoms with E-state index >= 15 is 0 Å².